The van der Waals surface area contributed by atoms with E-state index in [-0.39, 0.29) is 5.60 Å². The quantitative estimate of drug-likeness (QED) is 0.488. The van der Waals surface area contributed by atoms with Crippen molar-refractivity contribution < 1.29 is 4.74 Å². The van der Waals surface area contributed by atoms with E-state index in [0.717, 1.165) is 5.75 Å². The zero-order valence-electron chi connectivity index (χ0n) is 14.4. The summed E-state index contributed by atoms with van der Waals surface area (Å²) in [6.07, 6.45) is 0. The van der Waals surface area contributed by atoms with Crippen molar-refractivity contribution in [1.82, 2.24) is 0 Å². The van der Waals surface area contributed by atoms with Crippen molar-refractivity contribution in [2.75, 3.05) is 0 Å². The first-order chi connectivity index (χ1) is 11.5. The van der Waals surface area contributed by atoms with Gasteiger partial charge in [0, 0.05) is 0 Å². The molecular formula is C22H23BiO. The minimum atomic E-state index is -2.27. The molecule has 0 amide bonds. The van der Waals surface area contributed by atoms with Gasteiger partial charge in [-0.25, -0.2) is 0 Å². The van der Waals surface area contributed by atoms with Crippen molar-refractivity contribution in [3.8, 4) is 5.75 Å². The zero-order chi connectivity index (χ0) is 17.0. The Morgan fingerprint density at radius 3 is 1.62 bits per heavy atom. The Morgan fingerprint density at radius 1 is 0.625 bits per heavy atom. The molecule has 0 spiro atoms. The normalized spacial score (nSPS) is 11.5. The fraction of sp³-hybridized carbons (Fsp3) is 0.182. The second-order valence-corrected chi connectivity index (χ2v) is 15.3. The summed E-state index contributed by atoms with van der Waals surface area (Å²) in [5, 5.41) is 0. The number of ether oxygens (including phenoxy) is 1. The van der Waals surface area contributed by atoms with Crippen LogP contribution in [0, 0.1) is 0 Å². The average molecular weight is 512 g/mol. The predicted molar refractivity (Wildman–Crippen MR) is 104 cm³/mol. The fourth-order valence-electron chi connectivity index (χ4n) is 2.64. The van der Waals surface area contributed by atoms with Crippen molar-refractivity contribution in [3.63, 3.8) is 0 Å². The third-order valence-corrected chi connectivity index (χ3v) is 13.0. The summed E-state index contributed by atoms with van der Waals surface area (Å²) >= 11 is -2.27. The molecule has 0 aliphatic heterocycles. The summed E-state index contributed by atoms with van der Waals surface area (Å²) in [7, 11) is 0. The van der Waals surface area contributed by atoms with Gasteiger partial charge in [0.1, 0.15) is 0 Å². The Balaban J connectivity index is 2.05. The van der Waals surface area contributed by atoms with Crippen LogP contribution in [-0.4, -0.2) is 27.4 Å². The topological polar surface area (TPSA) is 9.23 Å². The van der Waals surface area contributed by atoms with Crippen molar-refractivity contribution in [2.45, 2.75) is 26.4 Å². The van der Waals surface area contributed by atoms with Crippen LogP contribution in [0.15, 0.2) is 84.9 Å². The van der Waals surface area contributed by atoms with Crippen molar-refractivity contribution in [3.05, 3.63) is 84.9 Å². The van der Waals surface area contributed by atoms with Gasteiger partial charge in [-0.15, -0.1) is 0 Å². The molecule has 0 N–H and O–H groups in total. The molecule has 24 heavy (non-hydrogen) atoms. The van der Waals surface area contributed by atoms with E-state index in [1.807, 2.05) is 0 Å². The van der Waals surface area contributed by atoms with Crippen LogP contribution >= 0.6 is 0 Å². The first-order valence-electron chi connectivity index (χ1n) is 8.22. The minimum absolute atomic E-state index is 0.178. The molecule has 1 nitrogen and oxygen atoms in total. The molecule has 0 bridgehead atoms. The molecule has 0 unspecified atom stereocenters. The van der Waals surface area contributed by atoms with Crippen molar-refractivity contribution in [2.24, 2.45) is 0 Å². The van der Waals surface area contributed by atoms with Crippen molar-refractivity contribution in [1.29, 1.82) is 0 Å². The van der Waals surface area contributed by atoms with Crippen LogP contribution in [0.2, 0.25) is 0 Å². The molecule has 0 aliphatic rings. The SMILES string of the molecule is CC(C)(C)Oc1ccc[c]([Bi]([c]2ccccc2)[c]2ccccc2)c1. The molecule has 0 aliphatic carbocycles. The molecule has 2 heteroatoms. The van der Waals surface area contributed by atoms with E-state index in [2.05, 4.69) is 106 Å². The van der Waals surface area contributed by atoms with Crippen LogP contribution in [0.1, 0.15) is 20.8 Å². The maximum atomic E-state index is 6.10. The summed E-state index contributed by atoms with van der Waals surface area (Å²) in [5.74, 6) is 0.965. The van der Waals surface area contributed by atoms with Crippen LogP contribution in [0.25, 0.3) is 0 Å². The predicted octanol–water partition coefficient (Wildman–Crippen LogP) is 3.38. The molecule has 0 heterocycles. The Labute approximate surface area is 153 Å². The van der Waals surface area contributed by atoms with Gasteiger partial charge in [0.25, 0.3) is 0 Å². The van der Waals surface area contributed by atoms with Gasteiger partial charge in [0.05, 0.1) is 0 Å². The van der Waals surface area contributed by atoms with E-state index in [9.17, 15) is 0 Å². The van der Waals surface area contributed by atoms with E-state index in [1.54, 1.807) is 0 Å². The summed E-state index contributed by atoms with van der Waals surface area (Å²) in [5.41, 5.74) is -0.178. The summed E-state index contributed by atoms with van der Waals surface area (Å²) in [6.45, 7) is 6.27. The number of hydrogen-bond acceptors (Lipinski definition) is 1. The van der Waals surface area contributed by atoms with Gasteiger partial charge in [0.15, 0.2) is 0 Å². The van der Waals surface area contributed by atoms with Crippen LogP contribution < -0.4 is 14.6 Å². The molecule has 0 aromatic heterocycles. The molecule has 0 atom stereocenters. The fourth-order valence-corrected chi connectivity index (χ4v) is 11.7. The Bertz CT molecular complexity index is 736. The molecule has 3 aromatic rings. The third kappa shape index (κ3) is 4.45. The number of benzene rings is 3. The van der Waals surface area contributed by atoms with Crippen LogP contribution in [0.5, 0.6) is 5.75 Å². The van der Waals surface area contributed by atoms with Crippen LogP contribution in [0.3, 0.4) is 0 Å². The number of hydrogen-bond donors (Lipinski definition) is 0. The van der Waals surface area contributed by atoms with E-state index in [0.29, 0.717) is 0 Å². The van der Waals surface area contributed by atoms with E-state index in [1.165, 1.54) is 9.81 Å². The average Bonchev–Trinajstić information content (AvgIpc) is 2.56. The van der Waals surface area contributed by atoms with Gasteiger partial charge in [-0.05, 0) is 0 Å². The summed E-state index contributed by atoms with van der Waals surface area (Å²) in [4.78, 5) is 0. The molecule has 122 valence electrons. The molecule has 3 rings (SSSR count). The van der Waals surface area contributed by atoms with E-state index < -0.39 is 21.8 Å². The van der Waals surface area contributed by atoms with Gasteiger partial charge in [-0.2, -0.15) is 0 Å². The number of rotatable bonds is 4. The molecule has 0 radical (unpaired) electrons. The van der Waals surface area contributed by atoms with Crippen molar-refractivity contribution >= 4 is 31.6 Å². The molecule has 0 saturated heterocycles. The first-order valence-corrected chi connectivity index (χ1v) is 13.4. The van der Waals surface area contributed by atoms with Gasteiger partial charge in [-0.1, -0.05) is 0 Å². The first kappa shape index (κ1) is 17.2. The van der Waals surface area contributed by atoms with Crippen LogP contribution in [0.4, 0.5) is 0 Å². The third-order valence-electron chi connectivity index (χ3n) is 3.53. The second-order valence-electron chi connectivity index (χ2n) is 6.72. The monoisotopic (exact) mass is 512 g/mol. The Hall–Kier alpha value is -1.66. The zero-order valence-corrected chi connectivity index (χ0v) is 17.9. The van der Waals surface area contributed by atoms with Gasteiger partial charge in [0.2, 0.25) is 0 Å². The van der Waals surface area contributed by atoms with Gasteiger partial charge in [-0.3, -0.25) is 0 Å². The molecule has 0 fully saturated rings. The van der Waals surface area contributed by atoms with Crippen LogP contribution in [-0.2, 0) is 0 Å². The second kappa shape index (κ2) is 7.49. The van der Waals surface area contributed by atoms with Gasteiger partial charge >= 0.3 is 153 Å². The maximum absolute atomic E-state index is 6.10. The summed E-state index contributed by atoms with van der Waals surface area (Å²) < 4.78 is 10.5. The van der Waals surface area contributed by atoms with E-state index >= 15 is 0 Å². The molecule has 3 aromatic carbocycles. The van der Waals surface area contributed by atoms with Gasteiger partial charge < -0.3 is 0 Å². The Kier molecular flexibility index (Phi) is 5.36. The summed E-state index contributed by atoms with van der Waals surface area (Å²) in [6, 6.07) is 30.6. The van der Waals surface area contributed by atoms with E-state index in [4.69, 9.17) is 4.74 Å². The molecular weight excluding hydrogens is 489 g/mol. The Morgan fingerprint density at radius 2 is 1.12 bits per heavy atom. The molecule has 0 saturated carbocycles. The standard InChI is InChI=1S/C10H13O.2C6H5.Bi/c1-10(2,3)11-9-7-5-4-6-8-9;2*1-2-4-6-5-3-1;/h4-5,7-8H,1-3H3;2*1-5H;.